The molecule has 2 fully saturated rings. The maximum Gasteiger partial charge on any atom is 0.253 e. The molecule has 0 bridgehead atoms. The molecule has 0 radical (unpaired) electrons. The fraction of sp³-hybridized carbons (Fsp3) is 0.512. The Morgan fingerprint density at radius 1 is 0.958 bits per heavy atom. The van der Waals surface area contributed by atoms with Gasteiger partial charge in [-0.15, -0.1) is 0 Å². The number of benzene rings is 3. The van der Waals surface area contributed by atoms with Crippen molar-refractivity contribution in [1.82, 2.24) is 4.90 Å². The third-order valence-electron chi connectivity index (χ3n) is 11.8. The lowest BCUT2D eigenvalue weighted by atomic mass is 9.51. The Morgan fingerprint density at radius 3 is 2.46 bits per heavy atom. The van der Waals surface area contributed by atoms with Gasteiger partial charge in [-0.25, -0.2) is 4.39 Å². The first-order valence-corrected chi connectivity index (χ1v) is 18.0. The van der Waals surface area contributed by atoms with Gasteiger partial charge in [0.1, 0.15) is 11.9 Å². The molecule has 48 heavy (non-hydrogen) atoms. The van der Waals surface area contributed by atoms with Crippen LogP contribution in [0.4, 0.5) is 10.1 Å². The maximum atomic E-state index is 16.1. The highest BCUT2D eigenvalue weighted by Gasteiger charge is 2.59. The van der Waals surface area contributed by atoms with E-state index in [0.29, 0.717) is 42.6 Å². The van der Waals surface area contributed by atoms with Crippen molar-refractivity contribution in [3.05, 3.63) is 95.1 Å². The summed E-state index contributed by atoms with van der Waals surface area (Å²) < 4.78 is 16.1. The van der Waals surface area contributed by atoms with Gasteiger partial charge < -0.3 is 20.4 Å². The SMILES string of the molecule is CC(=O)Nc1ccc(C(=O)N(CCCCC[C@@H]2Cc3cc(O)ccc3C3C2C2CC[C@H](O)[C@@]2(C)C[C@@H]3F)CCCc2ccccc2)cc1. The molecule has 2 saturated carbocycles. The number of nitrogens with zero attached hydrogens (tertiary/aromatic N) is 1. The topological polar surface area (TPSA) is 89.9 Å². The van der Waals surface area contributed by atoms with Crippen molar-refractivity contribution >= 4 is 17.5 Å². The zero-order chi connectivity index (χ0) is 33.8. The number of unbranched alkanes of at least 4 members (excludes halogenated alkanes) is 2. The summed E-state index contributed by atoms with van der Waals surface area (Å²) in [6.45, 7) is 4.90. The fourth-order valence-electron chi connectivity index (χ4n) is 9.43. The Morgan fingerprint density at radius 2 is 1.71 bits per heavy atom. The smallest absolute Gasteiger partial charge is 0.253 e. The van der Waals surface area contributed by atoms with Crippen molar-refractivity contribution in [3.8, 4) is 5.75 Å². The van der Waals surface area contributed by atoms with E-state index in [2.05, 4.69) is 24.4 Å². The number of carbonyl (C=O) groups is 2. The predicted octanol–water partition coefficient (Wildman–Crippen LogP) is 8.08. The van der Waals surface area contributed by atoms with Gasteiger partial charge in [-0.05, 0) is 128 Å². The highest BCUT2D eigenvalue weighted by molar-refractivity contribution is 5.95. The average Bonchev–Trinajstić information content (AvgIpc) is 3.36. The summed E-state index contributed by atoms with van der Waals surface area (Å²) in [6, 6.07) is 22.9. The predicted molar refractivity (Wildman–Crippen MR) is 188 cm³/mol. The standard InChI is InChI=1S/C41H51FN2O4/c1-27(45)43-32-16-14-29(15-17-32)40(48)44(23-9-12-28-10-5-3-6-11-28)22-8-4-7-13-30-24-31-25-33(46)18-19-34(31)39-36(42)26-41(2)35(38(30)39)20-21-37(41)47/h3,5-6,10-11,14-19,25,30,35-39,46-47H,4,7-9,12-13,20-24,26H2,1-2H3,(H,43,45)/t30-,35?,36+,37+,38?,39?,41+/m1/s1. The number of aliphatic hydroxyl groups excluding tert-OH is 1. The number of phenolic OH excluding ortho intramolecular Hbond substituents is 1. The van der Waals surface area contributed by atoms with Crippen LogP contribution in [0.2, 0.25) is 0 Å². The van der Waals surface area contributed by atoms with E-state index >= 15 is 4.39 Å². The van der Waals surface area contributed by atoms with Crippen molar-refractivity contribution in [2.24, 2.45) is 23.2 Å². The van der Waals surface area contributed by atoms with Crippen LogP contribution in [-0.2, 0) is 17.6 Å². The molecule has 0 spiro atoms. The number of hydrogen-bond acceptors (Lipinski definition) is 4. The Balaban J connectivity index is 1.11. The lowest BCUT2D eigenvalue weighted by molar-refractivity contribution is -0.114. The van der Waals surface area contributed by atoms with Gasteiger partial charge in [-0.3, -0.25) is 9.59 Å². The molecule has 3 aliphatic rings. The summed E-state index contributed by atoms with van der Waals surface area (Å²) in [7, 11) is 0. The number of phenols is 1. The molecule has 0 heterocycles. The van der Waals surface area contributed by atoms with E-state index in [0.717, 1.165) is 68.9 Å². The van der Waals surface area contributed by atoms with E-state index in [-0.39, 0.29) is 34.8 Å². The van der Waals surface area contributed by atoms with E-state index in [1.807, 2.05) is 35.2 Å². The van der Waals surface area contributed by atoms with Crippen molar-refractivity contribution in [2.75, 3.05) is 18.4 Å². The third-order valence-corrected chi connectivity index (χ3v) is 11.8. The molecular weight excluding hydrogens is 603 g/mol. The molecule has 0 aromatic heterocycles. The van der Waals surface area contributed by atoms with Gasteiger partial charge in [-0.1, -0.05) is 56.2 Å². The first kappa shape index (κ1) is 34.2. The quantitative estimate of drug-likeness (QED) is 0.172. The van der Waals surface area contributed by atoms with Crippen LogP contribution < -0.4 is 5.32 Å². The summed E-state index contributed by atoms with van der Waals surface area (Å²) >= 11 is 0. The highest BCUT2D eigenvalue weighted by Crippen LogP contribution is 2.63. The average molecular weight is 655 g/mol. The Labute approximate surface area is 284 Å². The molecule has 6 nitrogen and oxygen atoms in total. The molecule has 7 heteroatoms. The number of nitrogens with one attached hydrogen (secondary N) is 1. The number of carbonyl (C=O) groups excluding carboxylic acids is 2. The molecule has 256 valence electrons. The van der Waals surface area contributed by atoms with E-state index in [4.69, 9.17) is 0 Å². The molecule has 3 aromatic rings. The Kier molecular flexibility index (Phi) is 10.5. The fourth-order valence-corrected chi connectivity index (χ4v) is 9.43. The third kappa shape index (κ3) is 7.31. The summed E-state index contributed by atoms with van der Waals surface area (Å²) in [4.78, 5) is 27.1. The minimum absolute atomic E-state index is 0.000700. The largest absolute Gasteiger partial charge is 0.508 e. The van der Waals surface area contributed by atoms with Crippen molar-refractivity contribution in [1.29, 1.82) is 0 Å². The highest BCUT2D eigenvalue weighted by atomic mass is 19.1. The van der Waals surface area contributed by atoms with Gasteiger partial charge >= 0.3 is 0 Å². The number of aromatic hydroxyl groups is 1. The molecule has 6 rings (SSSR count). The maximum absolute atomic E-state index is 16.1. The summed E-state index contributed by atoms with van der Waals surface area (Å²) in [5.41, 5.74) is 4.29. The van der Waals surface area contributed by atoms with Crippen LogP contribution in [0.5, 0.6) is 5.75 Å². The Bertz CT molecular complexity index is 1560. The van der Waals surface area contributed by atoms with E-state index < -0.39 is 12.3 Å². The first-order chi connectivity index (χ1) is 23.1. The summed E-state index contributed by atoms with van der Waals surface area (Å²) in [5, 5.41) is 24.0. The van der Waals surface area contributed by atoms with Gasteiger partial charge in [0, 0.05) is 37.2 Å². The Hall–Kier alpha value is -3.71. The molecule has 2 amide bonds. The molecule has 7 atom stereocenters. The number of halogens is 1. The molecule has 3 aliphatic carbocycles. The second-order valence-electron chi connectivity index (χ2n) is 14.9. The number of anilines is 1. The molecule has 3 N–H and O–H groups in total. The van der Waals surface area contributed by atoms with Crippen molar-refractivity contribution in [2.45, 2.75) is 96.2 Å². The van der Waals surface area contributed by atoms with Crippen molar-refractivity contribution in [3.63, 3.8) is 0 Å². The van der Waals surface area contributed by atoms with Crippen LogP contribution in [0, 0.1) is 23.2 Å². The molecule has 3 unspecified atom stereocenters. The van der Waals surface area contributed by atoms with Crippen LogP contribution in [0.1, 0.15) is 98.2 Å². The monoisotopic (exact) mass is 654 g/mol. The van der Waals surface area contributed by atoms with Crippen LogP contribution in [-0.4, -0.2) is 52.3 Å². The van der Waals surface area contributed by atoms with Crippen LogP contribution in [0.25, 0.3) is 0 Å². The zero-order valence-electron chi connectivity index (χ0n) is 28.4. The summed E-state index contributed by atoms with van der Waals surface area (Å²) in [5.74, 6) is 0.682. The number of aryl methyl sites for hydroxylation is 1. The molecular formula is C41H51FN2O4. The minimum atomic E-state index is -1.00. The molecule has 0 aliphatic heterocycles. The number of fused-ring (bicyclic) bond motifs is 5. The van der Waals surface area contributed by atoms with E-state index in [1.54, 1.807) is 30.3 Å². The number of aliphatic hydroxyl groups is 1. The number of alkyl halides is 1. The first-order valence-electron chi connectivity index (χ1n) is 18.0. The van der Waals surface area contributed by atoms with E-state index in [1.165, 1.54) is 12.5 Å². The second-order valence-corrected chi connectivity index (χ2v) is 14.9. The van der Waals surface area contributed by atoms with Gasteiger partial charge in [0.05, 0.1) is 6.10 Å². The molecule has 3 aromatic carbocycles. The van der Waals surface area contributed by atoms with Crippen LogP contribution in [0.15, 0.2) is 72.8 Å². The minimum Gasteiger partial charge on any atom is -0.508 e. The zero-order valence-corrected chi connectivity index (χ0v) is 28.4. The number of rotatable bonds is 12. The van der Waals surface area contributed by atoms with Crippen LogP contribution in [0.3, 0.4) is 0 Å². The van der Waals surface area contributed by atoms with Crippen molar-refractivity contribution < 1.29 is 24.2 Å². The van der Waals surface area contributed by atoms with Gasteiger partial charge in [0.15, 0.2) is 0 Å². The number of hydrogen-bond donors (Lipinski definition) is 3. The normalized spacial score (nSPS) is 27.4. The van der Waals surface area contributed by atoms with E-state index in [9.17, 15) is 19.8 Å². The van der Waals surface area contributed by atoms with Gasteiger partial charge in [-0.2, -0.15) is 0 Å². The number of amides is 2. The van der Waals surface area contributed by atoms with Gasteiger partial charge in [0.25, 0.3) is 5.91 Å². The lowest BCUT2D eigenvalue weighted by Gasteiger charge is -2.54. The van der Waals surface area contributed by atoms with Gasteiger partial charge in [0.2, 0.25) is 5.91 Å². The second kappa shape index (κ2) is 14.8. The summed E-state index contributed by atoms with van der Waals surface area (Å²) in [6.07, 6.45) is 7.05. The molecule has 0 saturated heterocycles. The lowest BCUT2D eigenvalue weighted by Crippen LogP contribution is -2.51. The van der Waals surface area contributed by atoms with Crippen LogP contribution >= 0.6 is 0 Å².